The van der Waals surface area contributed by atoms with E-state index in [1.54, 1.807) is 0 Å². The summed E-state index contributed by atoms with van der Waals surface area (Å²) in [5, 5.41) is 18.3. The van der Waals surface area contributed by atoms with Crippen molar-refractivity contribution in [1.82, 2.24) is 9.47 Å². The van der Waals surface area contributed by atoms with E-state index < -0.39 is 0 Å². The summed E-state index contributed by atoms with van der Waals surface area (Å²) in [5.74, 6) is -0.240. The molecule has 1 rings (SSSR count). The number of rotatable bonds is 7. The molecule has 102 valence electrons. The summed E-state index contributed by atoms with van der Waals surface area (Å²) < 4.78 is 1.84. The molecule has 0 amide bonds. The van der Waals surface area contributed by atoms with Gasteiger partial charge in [-0.05, 0) is 19.5 Å². The van der Waals surface area contributed by atoms with E-state index in [1.165, 1.54) is 12.3 Å². The van der Waals surface area contributed by atoms with Gasteiger partial charge in [-0.15, -0.1) is 0 Å². The van der Waals surface area contributed by atoms with Gasteiger partial charge in [0.05, 0.1) is 6.20 Å². The molecule has 0 atom stereocenters. The number of aryl methyl sites for hydroxylation is 1. The highest BCUT2D eigenvalue weighted by atomic mass is 16.3. The lowest BCUT2D eigenvalue weighted by molar-refractivity contribution is 0.268. The lowest BCUT2D eigenvalue weighted by Gasteiger charge is -2.21. The van der Waals surface area contributed by atoms with Gasteiger partial charge in [0, 0.05) is 31.5 Å². The average molecular weight is 254 g/mol. The second kappa shape index (κ2) is 7.18. The third kappa shape index (κ3) is 3.85. The summed E-state index contributed by atoms with van der Waals surface area (Å²) in [4.78, 5) is 13.7. The summed E-state index contributed by atoms with van der Waals surface area (Å²) >= 11 is 0. The van der Waals surface area contributed by atoms with E-state index >= 15 is 0 Å². The zero-order chi connectivity index (χ0) is 13.5. The van der Waals surface area contributed by atoms with Crippen LogP contribution in [0.5, 0.6) is 5.75 Å². The van der Waals surface area contributed by atoms with Crippen molar-refractivity contribution < 1.29 is 10.2 Å². The van der Waals surface area contributed by atoms with Crippen molar-refractivity contribution in [3.05, 3.63) is 28.2 Å². The molecular formula is C13H22N2O3. The van der Waals surface area contributed by atoms with Crippen LogP contribution in [0.1, 0.15) is 26.0 Å². The fraction of sp³-hybridized carbons (Fsp3) is 0.615. The Hall–Kier alpha value is -1.33. The van der Waals surface area contributed by atoms with Gasteiger partial charge in [-0.1, -0.05) is 13.8 Å². The summed E-state index contributed by atoms with van der Waals surface area (Å²) in [6.07, 6.45) is 2.06. The van der Waals surface area contributed by atoms with Gasteiger partial charge in [0.1, 0.15) is 0 Å². The highest BCUT2D eigenvalue weighted by Crippen LogP contribution is 2.09. The standard InChI is InChI=1S/C13H22N2O3/c1-3-14(4-2)9-11-8-12(17)13(18)10-15(11)6-5-7-16/h8,10,16,18H,3-7,9H2,1-2H3. The second-order valence-corrected chi connectivity index (χ2v) is 4.25. The van der Waals surface area contributed by atoms with E-state index in [2.05, 4.69) is 18.7 Å². The minimum Gasteiger partial charge on any atom is -0.503 e. The zero-order valence-corrected chi connectivity index (χ0v) is 11.1. The average Bonchev–Trinajstić information content (AvgIpc) is 2.37. The summed E-state index contributed by atoms with van der Waals surface area (Å²) in [5.41, 5.74) is 0.521. The van der Waals surface area contributed by atoms with Crippen LogP contribution in [-0.2, 0) is 13.1 Å². The van der Waals surface area contributed by atoms with Crippen LogP contribution in [0.2, 0.25) is 0 Å². The molecule has 0 spiro atoms. The van der Waals surface area contributed by atoms with Gasteiger partial charge in [-0.25, -0.2) is 0 Å². The molecule has 0 bridgehead atoms. The first-order chi connectivity index (χ1) is 8.62. The largest absolute Gasteiger partial charge is 0.503 e. The van der Waals surface area contributed by atoms with Crippen molar-refractivity contribution in [2.75, 3.05) is 19.7 Å². The van der Waals surface area contributed by atoms with Crippen LogP contribution < -0.4 is 5.43 Å². The van der Waals surface area contributed by atoms with Gasteiger partial charge in [-0.2, -0.15) is 0 Å². The molecule has 0 aliphatic carbocycles. The normalized spacial score (nSPS) is 11.1. The fourth-order valence-corrected chi connectivity index (χ4v) is 1.86. The minimum absolute atomic E-state index is 0.0948. The van der Waals surface area contributed by atoms with Crippen LogP contribution in [0, 0.1) is 0 Å². The number of hydrogen-bond donors (Lipinski definition) is 2. The van der Waals surface area contributed by atoms with Crippen molar-refractivity contribution in [1.29, 1.82) is 0 Å². The lowest BCUT2D eigenvalue weighted by atomic mass is 10.2. The van der Waals surface area contributed by atoms with Gasteiger partial charge in [-0.3, -0.25) is 9.69 Å². The number of aromatic hydroxyl groups is 1. The van der Waals surface area contributed by atoms with Crippen molar-refractivity contribution in [3.8, 4) is 5.75 Å². The van der Waals surface area contributed by atoms with Gasteiger partial charge in [0.15, 0.2) is 5.75 Å². The van der Waals surface area contributed by atoms with Crippen LogP contribution >= 0.6 is 0 Å². The molecule has 0 aliphatic rings. The number of pyridine rings is 1. The van der Waals surface area contributed by atoms with Crippen molar-refractivity contribution in [2.45, 2.75) is 33.4 Å². The highest BCUT2D eigenvalue weighted by molar-refractivity contribution is 5.20. The number of nitrogens with zero attached hydrogens (tertiary/aromatic N) is 2. The topological polar surface area (TPSA) is 65.7 Å². The van der Waals surface area contributed by atoms with Crippen LogP contribution in [0.15, 0.2) is 17.1 Å². The highest BCUT2D eigenvalue weighted by Gasteiger charge is 2.08. The van der Waals surface area contributed by atoms with E-state index in [-0.39, 0.29) is 17.8 Å². The molecule has 5 nitrogen and oxygen atoms in total. The fourth-order valence-electron chi connectivity index (χ4n) is 1.86. The van der Waals surface area contributed by atoms with E-state index in [0.29, 0.717) is 19.5 Å². The van der Waals surface area contributed by atoms with Gasteiger partial charge >= 0.3 is 0 Å². The summed E-state index contributed by atoms with van der Waals surface area (Å²) in [6.45, 7) is 7.32. The molecule has 2 N–H and O–H groups in total. The van der Waals surface area contributed by atoms with E-state index in [0.717, 1.165) is 18.8 Å². The smallest absolute Gasteiger partial charge is 0.223 e. The van der Waals surface area contributed by atoms with Crippen molar-refractivity contribution in [2.24, 2.45) is 0 Å². The first-order valence-corrected chi connectivity index (χ1v) is 6.37. The Bertz CT molecular complexity index is 425. The molecule has 1 aromatic heterocycles. The monoisotopic (exact) mass is 254 g/mol. The minimum atomic E-state index is -0.350. The molecule has 5 heteroatoms. The first kappa shape index (κ1) is 14.7. The number of aliphatic hydroxyl groups excluding tert-OH is 1. The molecule has 1 aromatic rings. The molecule has 0 saturated heterocycles. The Kier molecular flexibility index (Phi) is 5.88. The maximum absolute atomic E-state index is 11.5. The maximum Gasteiger partial charge on any atom is 0.223 e. The molecular weight excluding hydrogens is 232 g/mol. The van der Waals surface area contributed by atoms with Crippen molar-refractivity contribution >= 4 is 0 Å². The van der Waals surface area contributed by atoms with Crippen molar-refractivity contribution in [3.63, 3.8) is 0 Å². The molecule has 18 heavy (non-hydrogen) atoms. The van der Waals surface area contributed by atoms with E-state index in [9.17, 15) is 9.90 Å². The van der Waals surface area contributed by atoms with Gasteiger partial charge in [0.2, 0.25) is 5.43 Å². The number of aromatic nitrogens is 1. The van der Waals surface area contributed by atoms with Crippen LogP contribution in [0.3, 0.4) is 0 Å². The molecule has 0 saturated carbocycles. The number of hydrogen-bond acceptors (Lipinski definition) is 4. The zero-order valence-electron chi connectivity index (χ0n) is 11.1. The Balaban J connectivity index is 2.98. The van der Waals surface area contributed by atoms with Gasteiger partial charge in [0.25, 0.3) is 0 Å². The Morgan fingerprint density at radius 3 is 2.56 bits per heavy atom. The predicted octanol–water partition coefficient (Wildman–Crippen LogP) is 0.778. The predicted molar refractivity (Wildman–Crippen MR) is 70.7 cm³/mol. The molecule has 0 radical (unpaired) electrons. The third-order valence-corrected chi connectivity index (χ3v) is 3.03. The molecule has 1 heterocycles. The molecule has 0 aromatic carbocycles. The van der Waals surface area contributed by atoms with E-state index in [4.69, 9.17) is 5.11 Å². The second-order valence-electron chi connectivity index (χ2n) is 4.25. The van der Waals surface area contributed by atoms with Crippen LogP contribution in [-0.4, -0.2) is 39.4 Å². The Morgan fingerprint density at radius 2 is 2.00 bits per heavy atom. The third-order valence-electron chi connectivity index (χ3n) is 3.03. The van der Waals surface area contributed by atoms with E-state index in [1.807, 2.05) is 4.57 Å². The summed E-state index contributed by atoms with van der Waals surface area (Å²) in [7, 11) is 0. The van der Waals surface area contributed by atoms with Gasteiger partial charge < -0.3 is 14.8 Å². The molecule has 0 unspecified atom stereocenters. The first-order valence-electron chi connectivity index (χ1n) is 6.37. The molecule has 0 aliphatic heterocycles. The SMILES string of the molecule is CCN(CC)Cc1cc(=O)c(O)cn1CCCO. The summed E-state index contributed by atoms with van der Waals surface area (Å²) in [6, 6.07) is 1.48. The maximum atomic E-state index is 11.5. The quantitative estimate of drug-likeness (QED) is 0.754. The Morgan fingerprint density at radius 1 is 1.33 bits per heavy atom. The van der Waals surface area contributed by atoms with Crippen LogP contribution in [0.4, 0.5) is 0 Å². The number of aliphatic hydroxyl groups is 1. The van der Waals surface area contributed by atoms with Crippen LogP contribution in [0.25, 0.3) is 0 Å². The lowest BCUT2D eigenvalue weighted by Crippen LogP contribution is -2.26. The Labute approximate surface area is 107 Å². The molecule has 0 fully saturated rings.